The number of ether oxygens (including phenoxy) is 1. The molecule has 0 spiro atoms. The van der Waals surface area contributed by atoms with E-state index < -0.39 is 0 Å². The number of hydrogen-bond donors (Lipinski definition) is 0. The molecule has 0 N–H and O–H groups in total. The van der Waals surface area contributed by atoms with Crippen molar-refractivity contribution in [2.75, 3.05) is 18.1 Å². The highest BCUT2D eigenvalue weighted by Crippen LogP contribution is 2.36. The van der Waals surface area contributed by atoms with E-state index in [-0.39, 0.29) is 11.9 Å². The molecular formula is C20H14ClNO3S. The SMILES string of the molecule is O=C(/C=C/c1sc2ccccc2c1Cl)c1cccc(N2CCOC2=O)c1. The Morgan fingerprint density at radius 1 is 1.19 bits per heavy atom. The summed E-state index contributed by atoms with van der Waals surface area (Å²) in [5.74, 6) is -0.145. The van der Waals surface area contributed by atoms with Crippen LogP contribution in [0.25, 0.3) is 16.2 Å². The van der Waals surface area contributed by atoms with Gasteiger partial charge in [0.25, 0.3) is 0 Å². The van der Waals surface area contributed by atoms with Crippen molar-refractivity contribution in [3.05, 3.63) is 70.1 Å². The minimum Gasteiger partial charge on any atom is -0.447 e. The number of allylic oxidation sites excluding steroid dienone is 1. The van der Waals surface area contributed by atoms with Crippen LogP contribution >= 0.6 is 22.9 Å². The summed E-state index contributed by atoms with van der Waals surface area (Å²) in [6, 6.07) is 14.8. The lowest BCUT2D eigenvalue weighted by Gasteiger charge is -2.13. The summed E-state index contributed by atoms with van der Waals surface area (Å²) in [5.41, 5.74) is 1.17. The molecule has 130 valence electrons. The topological polar surface area (TPSA) is 46.6 Å². The van der Waals surface area contributed by atoms with Gasteiger partial charge in [0.2, 0.25) is 0 Å². The van der Waals surface area contributed by atoms with Crippen LogP contribution in [0.2, 0.25) is 5.02 Å². The average Bonchev–Trinajstić information content (AvgIpc) is 3.23. The Hall–Kier alpha value is -2.63. The Kier molecular flexibility index (Phi) is 4.49. The number of fused-ring (bicyclic) bond motifs is 1. The van der Waals surface area contributed by atoms with Crippen LogP contribution < -0.4 is 4.90 Å². The fourth-order valence-electron chi connectivity index (χ4n) is 2.84. The van der Waals surface area contributed by atoms with Crippen LogP contribution in [0.5, 0.6) is 0 Å². The number of halogens is 1. The predicted molar refractivity (Wildman–Crippen MR) is 105 cm³/mol. The van der Waals surface area contributed by atoms with Crippen molar-refractivity contribution in [3.63, 3.8) is 0 Å². The van der Waals surface area contributed by atoms with Gasteiger partial charge in [0, 0.05) is 26.2 Å². The number of hydrogen-bond acceptors (Lipinski definition) is 4. The summed E-state index contributed by atoms with van der Waals surface area (Å²) < 4.78 is 6.02. The smallest absolute Gasteiger partial charge is 0.414 e. The van der Waals surface area contributed by atoms with Gasteiger partial charge in [0.15, 0.2) is 5.78 Å². The maximum atomic E-state index is 12.5. The summed E-state index contributed by atoms with van der Waals surface area (Å²) in [6.45, 7) is 0.852. The van der Waals surface area contributed by atoms with Crippen LogP contribution in [0.15, 0.2) is 54.6 Å². The summed E-state index contributed by atoms with van der Waals surface area (Å²) in [4.78, 5) is 26.6. The summed E-state index contributed by atoms with van der Waals surface area (Å²) >= 11 is 7.95. The molecule has 3 aromatic rings. The number of cyclic esters (lactones) is 1. The molecule has 0 unspecified atom stereocenters. The second-order valence-corrected chi connectivity index (χ2v) is 7.25. The highest BCUT2D eigenvalue weighted by Gasteiger charge is 2.23. The molecule has 1 aromatic heterocycles. The molecule has 0 aliphatic carbocycles. The van der Waals surface area contributed by atoms with Crippen LogP contribution in [0, 0.1) is 0 Å². The second-order valence-electron chi connectivity index (χ2n) is 5.79. The number of carbonyl (C=O) groups excluding carboxylic acids is 2. The third-order valence-electron chi connectivity index (χ3n) is 4.15. The van der Waals surface area contributed by atoms with Gasteiger partial charge in [-0.25, -0.2) is 4.79 Å². The Labute approximate surface area is 159 Å². The summed E-state index contributed by atoms with van der Waals surface area (Å²) in [5, 5.41) is 1.64. The van der Waals surface area contributed by atoms with Gasteiger partial charge in [-0.2, -0.15) is 0 Å². The number of benzene rings is 2. The molecule has 0 atom stereocenters. The van der Waals surface area contributed by atoms with Crippen molar-refractivity contribution in [1.82, 2.24) is 0 Å². The summed E-state index contributed by atoms with van der Waals surface area (Å²) in [6.07, 6.45) is 2.87. The molecular weight excluding hydrogens is 370 g/mol. The fraction of sp³-hybridized carbons (Fsp3) is 0.100. The Morgan fingerprint density at radius 2 is 2.04 bits per heavy atom. The van der Waals surface area contributed by atoms with Crippen LogP contribution in [-0.2, 0) is 4.74 Å². The lowest BCUT2D eigenvalue weighted by molar-refractivity contribution is 0.104. The first-order valence-corrected chi connectivity index (χ1v) is 9.27. The van der Waals surface area contributed by atoms with Gasteiger partial charge in [-0.05, 0) is 30.4 Å². The molecule has 26 heavy (non-hydrogen) atoms. The monoisotopic (exact) mass is 383 g/mol. The van der Waals surface area contributed by atoms with Crippen molar-refractivity contribution < 1.29 is 14.3 Å². The first kappa shape index (κ1) is 16.8. The standard InChI is InChI=1S/C20H14ClNO3S/c21-19-15-6-1-2-7-17(15)26-18(19)9-8-16(23)13-4-3-5-14(12-13)22-10-11-25-20(22)24/h1-9,12H,10-11H2/b9-8+. The molecule has 1 aliphatic rings. The molecule has 1 amide bonds. The zero-order valence-electron chi connectivity index (χ0n) is 13.6. The van der Waals surface area contributed by atoms with Gasteiger partial charge in [-0.1, -0.05) is 41.9 Å². The predicted octanol–water partition coefficient (Wildman–Crippen LogP) is 5.41. The van der Waals surface area contributed by atoms with Gasteiger partial charge in [-0.3, -0.25) is 9.69 Å². The molecule has 4 nitrogen and oxygen atoms in total. The molecule has 4 rings (SSSR count). The van der Waals surface area contributed by atoms with Crippen LogP contribution in [-0.4, -0.2) is 25.0 Å². The molecule has 0 radical (unpaired) electrons. The van der Waals surface area contributed by atoms with Crippen LogP contribution in [0.4, 0.5) is 10.5 Å². The lowest BCUT2D eigenvalue weighted by atomic mass is 10.1. The Bertz CT molecular complexity index is 1040. The van der Waals surface area contributed by atoms with E-state index in [1.807, 2.05) is 24.3 Å². The number of anilines is 1. The van der Waals surface area contributed by atoms with Crippen LogP contribution in [0.1, 0.15) is 15.2 Å². The van der Waals surface area contributed by atoms with Gasteiger partial charge in [-0.15, -0.1) is 11.3 Å². The third kappa shape index (κ3) is 3.11. The zero-order chi connectivity index (χ0) is 18.1. The van der Waals surface area contributed by atoms with Crippen molar-refractivity contribution >= 4 is 56.7 Å². The minimum atomic E-state index is -0.387. The number of amides is 1. The van der Waals surface area contributed by atoms with E-state index in [1.165, 1.54) is 11.0 Å². The van der Waals surface area contributed by atoms with Gasteiger partial charge < -0.3 is 4.74 Å². The molecule has 1 saturated heterocycles. The van der Waals surface area contributed by atoms with E-state index in [2.05, 4.69) is 0 Å². The van der Waals surface area contributed by atoms with Crippen molar-refractivity contribution in [1.29, 1.82) is 0 Å². The largest absolute Gasteiger partial charge is 0.447 e. The van der Waals surface area contributed by atoms with E-state index in [0.29, 0.717) is 29.4 Å². The van der Waals surface area contributed by atoms with Crippen LogP contribution in [0.3, 0.4) is 0 Å². The molecule has 2 heterocycles. The Morgan fingerprint density at radius 3 is 2.81 bits per heavy atom. The maximum absolute atomic E-state index is 12.5. The van der Waals surface area contributed by atoms with E-state index in [9.17, 15) is 9.59 Å². The van der Waals surface area contributed by atoms with Gasteiger partial charge in [0.1, 0.15) is 6.61 Å². The van der Waals surface area contributed by atoms with E-state index in [1.54, 1.807) is 41.7 Å². The zero-order valence-corrected chi connectivity index (χ0v) is 15.2. The molecule has 1 fully saturated rings. The second kappa shape index (κ2) is 6.94. The third-order valence-corrected chi connectivity index (χ3v) is 5.80. The maximum Gasteiger partial charge on any atom is 0.414 e. The highest BCUT2D eigenvalue weighted by molar-refractivity contribution is 7.20. The van der Waals surface area contributed by atoms with Gasteiger partial charge in [0.05, 0.1) is 11.6 Å². The summed E-state index contributed by atoms with van der Waals surface area (Å²) in [7, 11) is 0. The molecule has 1 aliphatic heterocycles. The van der Waals surface area contributed by atoms with E-state index in [4.69, 9.17) is 16.3 Å². The van der Waals surface area contributed by atoms with E-state index in [0.717, 1.165) is 15.0 Å². The average molecular weight is 384 g/mol. The first-order chi connectivity index (χ1) is 12.6. The lowest BCUT2D eigenvalue weighted by Crippen LogP contribution is -2.23. The van der Waals surface area contributed by atoms with Crippen molar-refractivity contribution in [2.24, 2.45) is 0 Å². The fourth-order valence-corrected chi connectivity index (χ4v) is 4.24. The quantitative estimate of drug-likeness (QED) is 0.447. The Balaban J connectivity index is 1.58. The van der Waals surface area contributed by atoms with Crippen molar-refractivity contribution in [3.8, 4) is 0 Å². The number of carbonyl (C=O) groups is 2. The number of ketones is 1. The molecule has 6 heteroatoms. The molecule has 2 aromatic carbocycles. The normalized spacial score (nSPS) is 14.3. The number of rotatable bonds is 4. The number of nitrogens with zero attached hydrogens (tertiary/aromatic N) is 1. The molecule has 0 saturated carbocycles. The van der Waals surface area contributed by atoms with Crippen molar-refractivity contribution in [2.45, 2.75) is 0 Å². The minimum absolute atomic E-state index is 0.145. The van der Waals surface area contributed by atoms with E-state index >= 15 is 0 Å². The molecule has 0 bridgehead atoms. The number of thiophene rings is 1. The highest BCUT2D eigenvalue weighted by atomic mass is 35.5. The first-order valence-electron chi connectivity index (χ1n) is 8.07. The van der Waals surface area contributed by atoms with Gasteiger partial charge >= 0.3 is 6.09 Å².